The van der Waals surface area contributed by atoms with Gasteiger partial charge in [0.05, 0.1) is 6.54 Å². The third-order valence-electron chi connectivity index (χ3n) is 6.34. The Kier molecular flexibility index (Phi) is 4.68. The second-order valence-electron chi connectivity index (χ2n) is 8.51. The molecule has 5 rings (SSSR count). The van der Waals surface area contributed by atoms with Gasteiger partial charge in [-0.2, -0.15) is 5.10 Å². The second kappa shape index (κ2) is 7.38. The minimum atomic E-state index is -0.00792. The molecular weight excluding hydrogens is 376 g/mol. The Morgan fingerprint density at radius 3 is 2.80 bits per heavy atom. The molecule has 1 fully saturated rings. The molecule has 0 atom stereocenters. The Morgan fingerprint density at radius 1 is 1.23 bits per heavy atom. The molecule has 0 saturated heterocycles. The molecule has 30 heavy (non-hydrogen) atoms. The minimum absolute atomic E-state index is 0.00792. The summed E-state index contributed by atoms with van der Waals surface area (Å²) in [4.78, 5) is 24.2. The summed E-state index contributed by atoms with van der Waals surface area (Å²) in [6.45, 7) is 9.23. The molecule has 1 aliphatic carbocycles. The average Bonchev–Trinajstić information content (AvgIpc) is 3.41. The van der Waals surface area contributed by atoms with Crippen molar-refractivity contribution in [3.8, 4) is 11.5 Å². The number of aryl methyl sites for hydroxylation is 3. The third kappa shape index (κ3) is 3.22. The molecule has 7 nitrogen and oxygen atoms in total. The van der Waals surface area contributed by atoms with E-state index in [1.165, 1.54) is 24.2 Å². The predicted molar refractivity (Wildman–Crippen MR) is 114 cm³/mol. The largest absolute Gasteiger partial charge is 0.332 e. The van der Waals surface area contributed by atoms with Gasteiger partial charge in [0.1, 0.15) is 11.4 Å². The zero-order valence-electron chi connectivity index (χ0n) is 17.9. The van der Waals surface area contributed by atoms with Gasteiger partial charge in [-0.15, -0.1) is 0 Å². The summed E-state index contributed by atoms with van der Waals surface area (Å²) in [7, 11) is 0. The van der Waals surface area contributed by atoms with Crippen LogP contribution in [0.4, 0.5) is 0 Å². The first-order valence-electron chi connectivity index (χ1n) is 10.9. The molecule has 2 aliphatic rings. The molecular formula is C23H28N6O. The first-order chi connectivity index (χ1) is 14.6. The van der Waals surface area contributed by atoms with Crippen LogP contribution >= 0.6 is 0 Å². The van der Waals surface area contributed by atoms with Crippen molar-refractivity contribution in [1.82, 2.24) is 29.2 Å². The maximum atomic E-state index is 13.2. The number of amides is 1. The van der Waals surface area contributed by atoms with Crippen molar-refractivity contribution in [1.29, 1.82) is 0 Å². The number of carbonyl (C=O) groups is 1. The molecule has 7 heteroatoms. The van der Waals surface area contributed by atoms with Gasteiger partial charge in [-0.05, 0) is 51.2 Å². The Hall–Kier alpha value is -2.96. The number of imidazole rings is 1. The normalized spacial score (nSPS) is 16.0. The van der Waals surface area contributed by atoms with Crippen molar-refractivity contribution >= 4 is 5.91 Å². The summed E-state index contributed by atoms with van der Waals surface area (Å²) in [5, 5.41) is 4.95. The van der Waals surface area contributed by atoms with Crippen LogP contribution in [0.1, 0.15) is 52.8 Å². The monoisotopic (exact) mass is 404 g/mol. The van der Waals surface area contributed by atoms with Crippen LogP contribution in [-0.4, -0.2) is 41.7 Å². The lowest BCUT2D eigenvalue weighted by atomic mass is 10.0. The number of rotatable bonds is 5. The van der Waals surface area contributed by atoms with Crippen LogP contribution in [0, 0.1) is 19.8 Å². The molecule has 3 aromatic heterocycles. The Balaban J connectivity index is 1.52. The molecule has 0 radical (unpaired) electrons. The highest BCUT2D eigenvalue weighted by Gasteiger charge is 2.32. The first kappa shape index (κ1) is 19.0. The van der Waals surface area contributed by atoms with Crippen LogP contribution in [0.2, 0.25) is 0 Å². The van der Waals surface area contributed by atoms with Crippen molar-refractivity contribution in [3.63, 3.8) is 0 Å². The second-order valence-corrected chi connectivity index (χ2v) is 8.51. The highest BCUT2D eigenvalue weighted by molar-refractivity contribution is 5.93. The van der Waals surface area contributed by atoms with Crippen molar-refractivity contribution in [3.05, 3.63) is 52.7 Å². The van der Waals surface area contributed by atoms with Crippen molar-refractivity contribution < 1.29 is 4.79 Å². The lowest BCUT2D eigenvalue weighted by Crippen LogP contribution is -2.37. The minimum Gasteiger partial charge on any atom is -0.332 e. The molecule has 0 aromatic carbocycles. The zero-order valence-corrected chi connectivity index (χ0v) is 17.9. The number of aromatic nitrogens is 5. The topological polar surface area (TPSA) is 68.8 Å². The van der Waals surface area contributed by atoms with E-state index >= 15 is 0 Å². The van der Waals surface area contributed by atoms with E-state index in [1.54, 1.807) is 6.20 Å². The van der Waals surface area contributed by atoms with Crippen LogP contribution in [0.3, 0.4) is 0 Å². The van der Waals surface area contributed by atoms with Crippen molar-refractivity contribution in [2.45, 2.75) is 59.7 Å². The van der Waals surface area contributed by atoms with Gasteiger partial charge in [0, 0.05) is 55.4 Å². The van der Waals surface area contributed by atoms with E-state index in [9.17, 15) is 4.79 Å². The van der Waals surface area contributed by atoms with Crippen LogP contribution in [0.15, 0.2) is 24.5 Å². The summed E-state index contributed by atoms with van der Waals surface area (Å²) in [6, 6.07) is 3.81. The maximum absolute atomic E-state index is 13.2. The van der Waals surface area contributed by atoms with Gasteiger partial charge in [-0.25, -0.2) is 4.98 Å². The summed E-state index contributed by atoms with van der Waals surface area (Å²) in [5.74, 6) is 1.68. The van der Waals surface area contributed by atoms with Crippen LogP contribution < -0.4 is 0 Å². The van der Waals surface area contributed by atoms with E-state index in [1.807, 2.05) is 30.2 Å². The molecule has 3 aromatic rings. The Morgan fingerprint density at radius 2 is 2.07 bits per heavy atom. The fourth-order valence-electron chi connectivity index (χ4n) is 4.40. The van der Waals surface area contributed by atoms with Gasteiger partial charge in [0.15, 0.2) is 5.82 Å². The fraction of sp³-hybridized carbons (Fsp3) is 0.478. The zero-order chi connectivity index (χ0) is 20.8. The number of pyridine rings is 1. The number of hydrogen-bond acceptors (Lipinski definition) is 4. The van der Waals surface area contributed by atoms with Gasteiger partial charge in [-0.3, -0.25) is 14.5 Å². The van der Waals surface area contributed by atoms with Gasteiger partial charge < -0.3 is 9.47 Å². The average molecular weight is 405 g/mol. The predicted octanol–water partition coefficient (Wildman–Crippen LogP) is 3.39. The first-order valence-corrected chi connectivity index (χ1v) is 10.9. The summed E-state index contributed by atoms with van der Waals surface area (Å²) >= 11 is 0. The number of fused-ring (bicyclic) bond motifs is 1. The van der Waals surface area contributed by atoms with E-state index in [4.69, 9.17) is 10.1 Å². The third-order valence-corrected chi connectivity index (χ3v) is 6.34. The Bertz CT molecular complexity index is 1110. The lowest BCUT2D eigenvalue weighted by Gasteiger charge is -2.28. The summed E-state index contributed by atoms with van der Waals surface area (Å²) in [5.41, 5.74) is 5.91. The van der Waals surface area contributed by atoms with Gasteiger partial charge in [-0.1, -0.05) is 6.07 Å². The van der Waals surface area contributed by atoms with E-state index < -0.39 is 0 Å². The lowest BCUT2D eigenvalue weighted by molar-refractivity contribution is 0.0726. The van der Waals surface area contributed by atoms with Gasteiger partial charge >= 0.3 is 0 Å². The van der Waals surface area contributed by atoms with E-state index in [-0.39, 0.29) is 5.91 Å². The van der Waals surface area contributed by atoms with Crippen LogP contribution in [0.5, 0.6) is 0 Å². The van der Waals surface area contributed by atoms with Crippen LogP contribution in [0.25, 0.3) is 11.5 Å². The fourth-order valence-corrected chi connectivity index (χ4v) is 4.40. The molecule has 1 saturated carbocycles. The highest BCUT2D eigenvalue weighted by Crippen LogP contribution is 2.35. The standard InChI is InChI=1S/C23H28N6O/c1-4-29-19-9-11-27(23(30)20-15(2)6-5-10-24-20)14-18(19)21(26-29)22-25-12-16(3)28(22)13-17-7-8-17/h5-6,10,12,17H,4,7-9,11,13-14H2,1-3H3. The smallest absolute Gasteiger partial charge is 0.273 e. The van der Waals surface area contributed by atoms with Gasteiger partial charge in [0.25, 0.3) is 5.91 Å². The summed E-state index contributed by atoms with van der Waals surface area (Å²) < 4.78 is 4.40. The maximum Gasteiger partial charge on any atom is 0.273 e. The van der Waals surface area contributed by atoms with Gasteiger partial charge in [0.2, 0.25) is 0 Å². The molecule has 0 unspecified atom stereocenters. The highest BCUT2D eigenvalue weighted by atomic mass is 16.2. The molecule has 156 valence electrons. The number of carbonyl (C=O) groups excluding carboxylic acids is 1. The van der Waals surface area contributed by atoms with Crippen LogP contribution in [-0.2, 0) is 26.1 Å². The molecule has 4 heterocycles. The number of nitrogens with zero attached hydrogens (tertiary/aromatic N) is 6. The van der Waals surface area contributed by atoms with Crippen molar-refractivity contribution in [2.75, 3.05) is 6.54 Å². The van der Waals surface area contributed by atoms with E-state index in [0.717, 1.165) is 48.1 Å². The SMILES string of the molecule is CCn1nc(-c2ncc(C)n2CC2CC2)c2c1CCN(C(=O)c1ncccc1C)C2. The van der Waals surface area contributed by atoms with Crippen molar-refractivity contribution in [2.24, 2.45) is 5.92 Å². The summed E-state index contributed by atoms with van der Waals surface area (Å²) in [6.07, 6.45) is 7.02. The molecule has 1 aliphatic heterocycles. The molecule has 1 amide bonds. The van der Waals surface area contributed by atoms with E-state index in [0.29, 0.717) is 18.8 Å². The molecule has 0 bridgehead atoms. The Labute approximate surface area is 176 Å². The quantitative estimate of drug-likeness (QED) is 0.654. The van der Waals surface area contributed by atoms with E-state index in [2.05, 4.69) is 28.1 Å². The molecule has 0 spiro atoms. The number of hydrogen-bond donors (Lipinski definition) is 0. The molecule has 0 N–H and O–H groups in total.